The van der Waals surface area contributed by atoms with E-state index < -0.39 is 0 Å². The summed E-state index contributed by atoms with van der Waals surface area (Å²) in [6.45, 7) is 2.91. The lowest BCUT2D eigenvalue weighted by atomic mass is 9.96. The lowest BCUT2D eigenvalue weighted by molar-refractivity contribution is 0.122. The summed E-state index contributed by atoms with van der Waals surface area (Å²) < 4.78 is 11.6. The van der Waals surface area contributed by atoms with Crippen molar-refractivity contribution >= 4 is 17.4 Å². The Balaban J connectivity index is 1.81. The molecule has 0 unspecified atom stereocenters. The third-order valence-corrected chi connectivity index (χ3v) is 6.40. The monoisotopic (exact) mass is 391 g/mol. The number of rotatable bonds is 2. The SMILES string of the molecule is O=c1oc2c(c(N3CCOCC3)c1-c1ccccc1)CCSc1ccccc1-2. The Morgan fingerprint density at radius 2 is 1.68 bits per heavy atom. The molecule has 1 saturated heterocycles. The molecule has 1 aromatic heterocycles. The summed E-state index contributed by atoms with van der Waals surface area (Å²) in [4.78, 5) is 16.7. The van der Waals surface area contributed by atoms with E-state index in [0.717, 1.165) is 53.4 Å². The maximum Gasteiger partial charge on any atom is 0.346 e. The fourth-order valence-electron chi connectivity index (χ4n) is 4.05. The minimum absolute atomic E-state index is 0.270. The highest BCUT2D eigenvalue weighted by atomic mass is 32.2. The van der Waals surface area contributed by atoms with Crippen LogP contribution in [0.15, 0.2) is 68.7 Å². The van der Waals surface area contributed by atoms with Crippen molar-refractivity contribution in [2.45, 2.75) is 11.3 Å². The number of nitrogens with zero attached hydrogens (tertiary/aromatic N) is 1. The van der Waals surface area contributed by atoms with Crippen molar-refractivity contribution in [1.29, 1.82) is 0 Å². The first-order valence-electron chi connectivity index (χ1n) is 9.63. The van der Waals surface area contributed by atoms with E-state index in [9.17, 15) is 4.79 Å². The molecule has 5 rings (SSSR count). The topological polar surface area (TPSA) is 42.7 Å². The molecule has 0 amide bonds. The molecule has 2 aliphatic heterocycles. The molecule has 0 bridgehead atoms. The molecule has 0 spiro atoms. The molecule has 3 heterocycles. The number of hydrogen-bond donors (Lipinski definition) is 0. The van der Waals surface area contributed by atoms with Gasteiger partial charge in [0, 0.05) is 34.9 Å². The Morgan fingerprint density at radius 3 is 2.50 bits per heavy atom. The number of fused-ring (bicyclic) bond motifs is 3. The van der Waals surface area contributed by atoms with Crippen LogP contribution in [-0.2, 0) is 11.2 Å². The minimum Gasteiger partial charge on any atom is -0.422 e. The van der Waals surface area contributed by atoms with Gasteiger partial charge in [-0.3, -0.25) is 0 Å². The average molecular weight is 391 g/mol. The van der Waals surface area contributed by atoms with Crippen molar-refractivity contribution in [3.63, 3.8) is 0 Å². The molecule has 0 radical (unpaired) electrons. The molecule has 4 nitrogen and oxygen atoms in total. The molecular weight excluding hydrogens is 370 g/mol. The van der Waals surface area contributed by atoms with E-state index >= 15 is 0 Å². The Bertz CT molecular complexity index is 1060. The lowest BCUT2D eigenvalue weighted by Crippen LogP contribution is -2.38. The highest BCUT2D eigenvalue weighted by Crippen LogP contribution is 2.43. The van der Waals surface area contributed by atoms with Gasteiger partial charge in [-0.25, -0.2) is 4.79 Å². The summed E-state index contributed by atoms with van der Waals surface area (Å²) in [7, 11) is 0. The van der Waals surface area contributed by atoms with Crippen LogP contribution in [0.3, 0.4) is 0 Å². The molecule has 5 heteroatoms. The van der Waals surface area contributed by atoms with E-state index in [-0.39, 0.29) is 5.63 Å². The van der Waals surface area contributed by atoms with E-state index in [1.807, 2.05) is 54.2 Å². The average Bonchev–Trinajstić information content (AvgIpc) is 2.93. The van der Waals surface area contributed by atoms with Crippen molar-refractivity contribution in [3.05, 3.63) is 70.6 Å². The van der Waals surface area contributed by atoms with Crippen LogP contribution in [0.2, 0.25) is 0 Å². The number of hydrogen-bond acceptors (Lipinski definition) is 5. The quantitative estimate of drug-likeness (QED) is 0.645. The Labute approximate surface area is 168 Å². The molecule has 3 aromatic rings. The molecule has 0 aliphatic carbocycles. The number of morpholine rings is 1. The van der Waals surface area contributed by atoms with Crippen molar-refractivity contribution in [2.75, 3.05) is 37.0 Å². The second-order valence-electron chi connectivity index (χ2n) is 6.98. The van der Waals surface area contributed by atoms with Crippen LogP contribution in [0.4, 0.5) is 5.69 Å². The largest absolute Gasteiger partial charge is 0.422 e. The molecule has 0 N–H and O–H groups in total. The molecule has 142 valence electrons. The summed E-state index contributed by atoms with van der Waals surface area (Å²) >= 11 is 1.82. The van der Waals surface area contributed by atoms with Crippen LogP contribution in [0, 0.1) is 0 Å². The van der Waals surface area contributed by atoms with Crippen molar-refractivity contribution in [2.24, 2.45) is 0 Å². The standard InChI is InChI=1S/C23H21NO3S/c25-23-20(16-6-2-1-3-7-16)21(24-11-13-26-14-12-24)18-10-15-28-19-9-5-4-8-17(19)22(18)27-23/h1-9H,10-15H2. The number of anilines is 1. The number of ether oxygens (including phenoxy) is 1. The second-order valence-corrected chi connectivity index (χ2v) is 8.12. The fourth-order valence-corrected chi connectivity index (χ4v) is 5.07. The van der Waals surface area contributed by atoms with Gasteiger partial charge < -0.3 is 14.1 Å². The normalized spacial score (nSPS) is 16.2. The molecule has 1 fully saturated rings. The molecule has 28 heavy (non-hydrogen) atoms. The summed E-state index contributed by atoms with van der Waals surface area (Å²) in [5, 5.41) is 0. The van der Waals surface area contributed by atoms with Crippen LogP contribution in [0.25, 0.3) is 22.5 Å². The van der Waals surface area contributed by atoms with E-state index in [4.69, 9.17) is 9.15 Å². The Hall–Kier alpha value is -2.50. The van der Waals surface area contributed by atoms with Crippen LogP contribution in [-0.4, -0.2) is 32.1 Å². The summed E-state index contributed by atoms with van der Waals surface area (Å²) in [5.74, 6) is 1.69. The van der Waals surface area contributed by atoms with Gasteiger partial charge in [0.15, 0.2) is 0 Å². The van der Waals surface area contributed by atoms with Crippen LogP contribution in [0.1, 0.15) is 5.56 Å². The lowest BCUT2D eigenvalue weighted by Gasteiger charge is -2.32. The van der Waals surface area contributed by atoms with Crippen LogP contribution >= 0.6 is 11.8 Å². The van der Waals surface area contributed by atoms with Crippen molar-refractivity contribution < 1.29 is 9.15 Å². The van der Waals surface area contributed by atoms with E-state index in [2.05, 4.69) is 17.0 Å². The smallest absolute Gasteiger partial charge is 0.346 e. The van der Waals surface area contributed by atoms with Gasteiger partial charge >= 0.3 is 5.63 Å². The third kappa shape index (κ3) is 3.05. The zero-order chi connectivity index (χ0) is 18.9. The summed E-state index contributed by atoms with van der Waals surface area (Å²) in [5.41, 5.74) is 4.49. The molecule has 0 atom stereocenters. The van der Waals surface area contributed by atoms with Gasteiger partial charge in [-0.05, 0) is 18.1 Å². The maximum atomic E-state index is 13.2. The zero-order valence-electron chi connectivity index (χ0n) is 15.5. The fraction of sp³-hybridized carbons (Fsp3) is 0.261. The summed E-state index contributed by atoms with van der Waals surface area (Å²) in [6, 6.07) is 18.1. The molecular formula is C23H21NO3S. The first-order valence-corrected chi connectivity index (χ1v) is 10.6. The van der Waals surface area contributed by atoms with Gasteiger partial charge in [-0.1, -0.05) is 48.5 Å². The summed E-state index contributed by atoms with van der Waals surface area (Å²) in [6.07, 6.45) is 0.866. The van der Waals surface area contributed by atoms with E-state index in [0.29, 0.717) is 18.8 Å². The highest BCUT2D eigenvalue weighted by molar-refractivity contribution is 7.99. The Kier molecular flexibility index (Phi) is 4.71. The zero-order valence-corrected chi connectivity index (χ0v) is 16.3. The van der Waals surface area contributed by atoms with Crippen molar-refractivity contribution in [1.82, 2.24) is 0 Å². The second kappa shape index (κ2) is 7.49. The maximum absolute atomic E-state index is 13.2. The van der Waals surface area contributed by atoms with E-state index in [1.165, 1.54) is 4.90 Å². The predicted octanol–water partition coefficient (Wildman–Crippen LogP) is 4.46. The van der Waals surface area contributed by atoms with Crippen molar-refractivity contribution in [3.8, 4) is 22.5 Å². The van der Waals surface area contributed by atoms with Gasteiger partial charge in [0.2, 0.25) is 0 Å². The van der Waals surface area contributed by atoms with Gasteiger partial charge in [0.05, 0.1) is 24.5 Å². The van der Waals surface area contributed by atoms with Crippen LogP contribution < -0.4 is 10.5 Å². The number of thioether (sulfide) groups is 1. The third-order valence-electron chi connectivity index (χ3n) is 5.33. The van der Waals surface area contributed by atoms with Gasteiger partial charge in [0.25, 0.3) is 0 Å². The first kappa shape index (κ1) is 17.6. The van der Waals surface area contributed by atoms with Crippen LogP contribution in [0.5, 0.6) is 0 Å². The molecule has 2 aliphatic rings. The van der Waals surface area contributed by atoms with E-state index in [1.54, 1.807) is 0 Å². The number of benzene rings is 2. The minimum atomic E-state index is -0.270. The predicted molar refractivity (Wildman–Crippen MR) is 113 cm³/mol. The molecule has 2 aromatic carbocycles. The molecule has 0 saturated carbocycles. The highest BCUT2D eigenvalue weighted by Gasteiger charge is 2.28. The first-order chi connectivity index (χ1) is 13.8. The Morgan fingerprint density at radius 1 is 0.929 bits per heavy atom. The van der Waals surface area contributed by atoms with Gasteiger partial charge in [0.1, 0.15) is 5.76 Å². The van der Waals surface area contributed by atoms with Gasteiger partial charge in [-0.2, -0.15) is 0 Å². The van der Waals surface area contributed by atoms with Gasteiger partial charge in [-0.15, -0.1) is 11.8 Å².